The number of amides is 1. The van der Waals surface area contributed by atoms with E-state index in [0.29, 0.717) is 12.5 Å². The third kappa shape index (κ3) is 8.89. The molecule has 152 valence electrons. The third-order valence-electron chi connectivity index (χ3n) is 5.36. The topological polar surface area (TPSA) is 44.4 Å². The van der Waals surface area contributed by atoms with E-state index >= 15 is 0 Å². The van der Waals surface area contributed by atoms with Crippen LogP contribution in [-0.2, 0) is 17.8 Å². The third-order valence-corrected chi connectivity index (χ3v) is 5.36. The number of nitrogens with one attached hydrogen (secondary N) is 2. The molecule has 2 N–H and O–H groups in total. The van der Waals surface area contributed by atoms with Gasteiger partial charge < -0.3 is 15.5 Å². The Morgan fingerprint density at radius 2 is 1.70 bits per heavy atom. The van der Waals surface area contributed by atoms with Gasteiger partial charge >= 0.3 is 0 Å². The summed E-state index contributed by atoms with van der Waals surface area (Å²) in [5.74, 6) is 1.83. The lowest BCUT2D eigenvalue weighted by atomic mass is 9.89. The number of hydrogen-bond donors (Lipinski definition) is 2. The summed E-state index contributed by atoms with van der Waals surface area (Å²) in [5, 5.41) is 6.49. The molecule has 1 aromatic rings. The number of carbonyl (C=O) groups excluding carboxylic acids is 1. The van der Waals surface area contributed by atoms with Crippen LogP contribution in [0.3, 0.4) is 0 Å². The second-order valence-corrected chi connectivity index (χ2v) is 8.79. The first-order chi connectivity index (χ1) is 12.9. The molecule has 1 aliphatic heterocycles. The van der Waals surface area contributed by atoms with Crippen LogP contribution in [0.25, 0.3) is 0 Å². The molecule has 1 heterocycles. The zero-order valence-electron chi connectivity index (χ0n) is 17.8. The lowest BCUT2D eigenvalue weighted by molar-refractivity contribution is -0.120. The first-order valence-electron chi connectivity index (χ1n) is 10.7. The van der Waals surface area contributed by atoms with Crippen molar-refractivity contribution in [2.75, 3.05) is 26.2 Å². The van der Waals surface area contributed by atoms with E-state index in [0.717, 1.165) is 37.0 Å². The van der Waals surface area contributed by atoms with Gasteiger partial charge in [0, 0.05) is 25.7 Å². The van der Waals surface area contributed by atoms with Gasteiger partial charge in [0.25, 0.3) is 0 Å². The van der Waals surface area contributed by atoms with Crippen molar-refractivity contribution in [1.29, 1.82) is 0 Å². The number of benzene rings is 1. The average molecular weight is 374 g/mol. The van der Waals surface area contributed by atoms with Gasteiger partial charge in [-0.3, -0.25) is 4.79 Å². The first kappa shape index (κ1) is 21.9. The number of nitrogens with zero attached hydrogens (tertiary/aromatic N) is 1. The summed E-state index contributed by atoms with van der Waals surface area (Å²) in [6, 6.07) is 8.84. The Kier molecular flexibility index (Phi) is 9.29. The van der Waals surface area contributed by atoms with Crippen LogP contribution in [0, 0.1) is 11.8 Å². The van der Waals surface area contributed by atoms with Crippen molar-refractivity contribution in [3.8, 4) is 0 Å². The summed E-state index contributed by atoms with van der Waals surface area (Å²) in [6.45, 7) is 13.9. The number of carbonyl (C=O) groups is 1. The lowest BCUT2D eigenvalue weighted by Gasteiger charge is -2.32. The van der Waals surface area contributed by atoms with Crippen molar-refractivity contribution in [3.05, 3.63) is 35.4 Å². The lowest BCUT2D eigenvalue weighted by Crippen LogP contribution is -2.40. The molecular weight excluding hydrogens is 334 g/mol. The van der Waals surface area contributed by atoms with Gasteiger partial charge in [0.05, 0.1) is 6.42 Å². The van der Waals surface area contributed by atoms with Crippen molar-refractivity contribution in [2.24, 2.45) is 11.8 Å². The average Bonchev–Trinajstić information content (AvgIpc) is 2.62. The maximum atomic E-state index is 12.2. The maximum absolute atomic E-state index is 12.2. The summed E-state index contributed by atoms with van der Waals surface area (Å²) in [7, 11) is 0. The molecule has 4 heteroatoms. The predicted molar refractivity (Wildman–Crippen MR) is 114 cm³/mol. The molecule has 0 bridgehead atoms. The molecule has 2 rings (SSSR count). The van der Waals surface area contributed by atoms with E-state index in [4.69, 9.17) is 0 Å². The Morgan fingerprint density at radius 1 is 1.07 bits per heavy atom. The maximum Gasteiger partial charge on any atom is 0.224 e. The smallest absolute Gasteiger partial charge is 0.224 e. The van der Waals surface area contributed by atoms with Gasteiger partial charge in [-0.25, -0.2) is 0 Å². The van der Waals surface area contributed by atoms with Crippen LogP contribution in [0.2, 0.25) is 0 Å². The number of likely N-dealkylation sites (tertiary alicyclic amines) is 1. The fourth-order valence-corrected chi connectivity index (χ4v) is 3.81. The summed E-state index contributed by atoms with van der Waals surface area (Å²) >= 11 is 0. The van der Waals surface area contributed by atoms with Crippen LogP contribution < -0.4 is 10.6 Å². The first-order valence-corrected chi connectivity index (χ1v) is 10.7. The van der Waals surface area contributed by atoms with E-state index in [9.17, 15) is 4.79 Å². The minimum Gasteiger partial charge on any atom is -0.355 e. The highest BCUT2D eigenvalue weighted by Gasteiger charge is 2.19. The zero-order valence-corrected chi connectivity index (χ0v) is 17.8. The molecule has 1 amide bonds. The monoisotopic (exact) mass is 373 g/mol. The fourth-order valence-electron chi connectivity index (χ4n) is 3.81. The van der Waals surface area contributed by atoms with Gasteiger partial charge in [-0.15, -0.1) is 0 Å². The van der Waals surface area contributed by atoms with Crippen molar-refractivity contribution in [3.63, 3.8) is 0 Å². The van der Waals surface area contributed by atoms with E-state index in [-0.39, 0.29) is 5.91 Å². The van der Waals surface area contributed by atoms with Crippen molar-refractivity contribution in [1.82, 2.24) is 15.5 Å². The van der Waals surface area contributed by atoms with Gasteiger partial charge in [-0.1, -0.05) is 52.0 Å². The second-order valence-electron chi connectivity index (χ2n) is 8.79. The van der Waals surface area contributed by atoms with E-state index < -0.39 is 0 Å². The largest absolute Gasteiger partial charge is 0.355 e. The second kappa shape index (κ2) is 11.5. The van der Waals surface area contributed by atoms with Gasteiger partial charge in [0.1, 0.15) is 0 Å². The Bertz CT molecular complexity index is 545. The van der Waals surface area contributed by atoms with Crippen molar-refractivity contribution < 1.29 is 4.79 Å². The summed E-state index contributed by atoms with van der Waals surface area (Å²) < 4.78 is 0. The molecule has 1 fully saturated rings. The highest BCUT2D eigenvalue weighted by atomic mass is 16.1. The Hall–Kier alpha value is -1.39. The molecule has 1 aliphatic rings. The van der Waals surface area contributed by atoms with Crippen LogP contribution in [0.15, 0.2) is 24.3 Å². The SMILES string of the molecule is CC(C)CC1CCN(CCNC(=O)Cc2ccc(CNC(C)C)cc2)CC1. The molecule has 27 heavy (non-hydrogen) atoms. The minimum absolute atomic E-state index is 0.123. The predicted octanol–water partition coefficient (Wildman–Crippen LogP) is 3.60. The molecule has 0 saturated carbocycles. The molecule has 0 spiro atoms. The highest BCUT2D eigenvalue weighted by molar-refractivity contribution is 5.78. The molecular formula is C23H39N3O. The number of piperidine rings is 1. The summed E-state index contributed by atoms with van der Waals surface area (Å²) in [6.07, 6.45) is 4.44. The van der Waals surface area contributed by atoms with Crippen LogP contribution in [0.1, 0.15) is 58.1 Å². The Morgan fingerprint density at radius 3 is 2.30 bits per heavy atom. The van der Waals surface area contributed by atoms with Crippen LogP contribution in [0.4, 0.5) is 0 Å². The molecule has 0 aliphatic carbocycles. The Labute approximate surface area is 166 Å². The molecule has 0 unspecified atom stereocenters. The van der Waals surface area contributed by atoms with Gasteiger partial charge in [0.2, 0.25) is 5.91 Å². The minimum atomic E-state index is 0.123. The highest BCUT2D eigenvalue weighted by Crippen LogP contribution is 2.23. The van der Waals surface area contributed by atoms with Gasteiger partial charge in [-0.2, -0.15) is 0 Å². The molecule has 0 aromatic heterocycles. The zero-order chi connectivity index (χ0) is 19.6. The van der Waals surface area contributed by atoms with Crippen LogP contribution in [0.5, 0.6) is 0 Å². The van der Waals surface area contributed by atoms with E-state index in [2.05, 4.69) is 67.5 Å². The normalized spacial score (nSPS) is 16.2. The van der Waals surface area contributed by atoms with Gasteiger partial charge in [-0.05, 0) is 55.3 Å². The van der Waals surface area contributed by atoms with Crippen molar-refractivity contribution in [2.45, 2.75) is 66.0 Å². The van der Waals surface area contributed by atoms with E-state index in [1.807, 2.05) is 0 Å². The molecule has 1 saturated heterocycles. The Balaban J connectivity index is 1.61. The number of hydrogen-bond acceptors (Lipinski definition) is 3. The fraction of sp³-hybridized carbons (Fsp3) is 0.696. The van der Waals surface area contributed by atoms with Gasteiger partial charge in [0.15, 0.2) is 0 Å². The van der Waals surface area contributed by atoms with Crippen molar-refractivity contribution >= 4 is 5.91 Å². The number of rotatable bonds is 10. The molecule has 0 radical (unpaired) electrons. The van der Waals surface area contributed by atoms with Crippen LogP contribution >= 0.6 is 0 Å². The summed E-state index contributed by atoms with van der Waals surface area (Å²) in [4.78, 5) is 14.7. The summed E-state index contributed by atoms with van der Waals surface area (Å²) in [5.41, 5.74) is 2.34. The quantitative estimate of drug-likeness (QED) is 0.659. The van der Waals surface area contributed by atoms with E-state index in [1.165, 1.54) is 37.9 Å². The standard InChI is InChI=1S/C23H39N3O/c1-18(2)15-21-9-12-26(13-10-21)14-11-24-23(27)16-20-5-7-22(8-6-20)17-25-19(3)4/h5-8,18-19,21,25H,9-17H2,1-4H3,(H,24,27). The molecule has 4 nitrogen and oxygen atoms in total. The molecule has 1 aromatic carbocycles. The van der Waals surface area contributed by atoms with E-state index in [1.54, 1.807) is 0 Å². The van der Waals surface area contributed by atoms with Crippen LogP contribution in [-0.4, -0.2) is 43.0 Å². The molecule has 0 atom stereocenters.